The van der Waals surface area contributed by atoms with Gasteiger partial charge in [-0.1, -0.05) is 89.5 Å². The average molecular weight is 564 g/mol. The van der Waals surface area contributed by atoms with E-state index in [9.17, 15) is 27.5 Å². The minimum Gasteiger partial charge on any atom is -0.508 e. The molecular formula is C31H34ClF4NO2. The number of amides is 1. The molecular weight excluding hydrogens is 530 g/mol. The first-order valence-electron chi connectivity index (χ1n) is 12.6. The van der Waals surface area contributed by atoms with Crippen LogP contribution in [0.1, 0.15) is 79.7 Å². The first kappa shape index (κ1) is 30.5. The maximum Gasteiger partial charge on any atom is 0.416 e. The van der Waals surface area contributed by atoms with Crippen LogP contribution < -0.4 is 0 Å². The molecule has 0 saturated carbocycles. The summed E-state index contributed by atoms with van der Waals surface area (Å²) in [6.45, 7) is 12.3. The largest absolute Gasteiger partial charge is 0.508 e. The number of nitrogens with zero attached hydrogens (tertiary/aromatic N) is 1. The van der Waals surface area contributed by atoms with Gasteiger partial charge in [0, 0.05) is 13.1 Å². The van der Waals surface area contributed by atoms with Gasteiger partial charge in [0.05, 0.1) is 16.1 Å². The van der Waals surface area contributed by atoms with Crippen molar-refractivity contribution in [3.63, 3.8) is 0 Å². The van der Waals surface area contributed by atoms with Crippen LogP contribution in [0.2, 0.25) is 5.02 Å². The molecule has 0 aliphatic heterocycles. The summed E-state index contributed by atoms with van der Waals surface area (Å²) in [6, 6.07) is 13.7. The lowest BCUT2D eigenvalue weighted by Gasteiger charge is -2.26. The van der Waals surface area contributed by atoms with Crippen LogP contribution in [0.15, 0.2) is 54.6 Å². The third-order valence-corrected chi connectivity index (χ3v) is 6.88. The Morgan fingerprint density at radius 3 is 1.97 bits per heavy atom. The Kier molecular flexibility index (Phi) is 8.76. The smallest absolute Gasteiger partial charge is 0.416 e. The summed E-state index contributed by atoms with van der Waals surface area (Å²) < 4.78 is 55.2. The number of alkyl halides is 3. The Morgan fingerprint density at radius 1 is 0.846 bits per heavy atom. The molecule has 3 nitrogen and oxygen atoms in total. The van der Waals surface area contributed by atoms with Gasteiger partial charge in [-0.05, 0) is 57.7 Å². The molecule has 8 heteroatoms. The Balaban J connectivity index is 1.99. The summed E-state index contributed by atoms with van der Waals surface area (Å²) >= 11 is 5.77. The van der Waals surface area contributed by atoms with E-state index >= 15 is 0 Å². The number of carbonyl (C=O) groups is 1. The second kappa shape index (κ2) is 11.2. The number of halogens is 5. The molecule has 0 aromatic heterocycles. The first-order valence-corrected chi connectivity index (χ1v) is 13.0. The predicted octanol–water partition coefficient (Wildman–Crippen LogP) is 8.68. The number of carbonyl (C=O) groups excluding carboxylic acids is 1. The summed E-state index contributed by atoms with van der Waals surface area (Å²) in [4.78, 5) is 14.9. The number of benzene rings is 3. The molecule has 1 N–H and O–H groups in total. The summed E-state index contributed by atoms with van der Waals surface area (Å²) in [5.41, 5.74) is 1.03. The molecule has 0 spiro atoms. The van der Waals surface area contributed by atoms with Gasteiger partial charge in [-0.25, -0.2) is 4.39 Å². The maximum absolute atomic E-state index is 14.9. The number of phenolic OH excluding ortho intramolecular Hbond substituents is 1. The molecule has 39 heavy (non-hydrogen) atoms. The summed E-state index contributed by atoms with van der Waals surface area (Å²) in [5.74, 6) is -1.93. The Labute approximate surface area is 232 Å². The van der Waals surface area contributed by atoms with Crippen molar-refractivity contribution < 1.29 is 27.5 Å². The SMILES string of the molecule is CC(C)(C)c1ccc(CN(CCc2ccc(O)c(C(C)(C)C)c2)C(=O)c2cc(C(F)(F)F)cc(Cl)c2F)cc1. The minimum atomic E-state index is -4.80. The Morgan fingerprint density at radius 2 is 1.44 bits per heavy atom. The number of hydrogen-bond acceptors (Lipinski definition) is 2. The maximum atomic E-state index is 14.9. The van der Waals surface area contributed by atoms with Gasteiger partial charge in [-0.3, -0.25) is 4.79 Å². The van der Waals surface area contributed by atoms with Crippen molar-refractivity contribution in [2.75, 3.05) is 6.54 Å². The lowest BCUT2D eigenvalue weighted by atomic mass is 9.85. The van der Waals surface area contributed by atoms with Crippen LogP contribution in [0.25, 0.3) is 0 Å². The second-order valence-electron chi connectivity index (χ2n) is 11.8. The fourth-order valence-corrected chi connectivity index (χ4v) is 4.48. The molecule has 3 aromatic carbocycles. The van der Waals surface area contributed by atoms with Gasteiger partial charge in [0.1, 0.15) is 5.75 Å². The molecule has 0 saturated heterocycles. The summed E-state index contributed by atoms with van der Waals surface area (Å²) in [5, 5.41) is 9.53. The van der Waals surface area contributed by atoms with Gasteiger partial charge in [0.15, 0.2) is 5.82 Å². The van der Waals surface area contributed by atoms with Crippen LogP contribution in [-0.4, -0.2) is 22.5 Å². The lowest BCUT2D eigenvalue weighted by Crippen LogP contribution is -2.33. The van der Waals surface area contributed by atoms with E-state index < -0.39 is 34.1 Å². The fraction of sp³-hybridized carbons (Fsp3) is 0.387. The molecule has 3 aromatic rings. The van der Waals surface area contributed by atoms with Gasteiger partial charge < -0.3 is 10.0 Å². The average Bonchev–Trinajstić information content (AvgIpc) is 2.82. The predicted molar refractivity (Wildman–Crippen MR) is 147 cm³/mol. The number of rotatable bonds is 6. The van der Waals surface area contributed by atoms with Crippen molar-refractivity contribution in [2.45, 2.75) is 71.5 Å². The zero-order valence-electron chi connectivity index (χ0n) is 23.0. The highest BCUT2D eigenvalue weighted by Gasteiger charge is 2.34. The molecule has 0 fully saturated rings. The standard InChI is InChI=1S/C31H34ClF4NO2/c1-29(2,3)21-10-7-20(8-11-21)18-37(14-13-19-9-12-26(38)24(15-19)30(4,5)6)28(39)23-16-22(31(34,35)36)17-25(32)27(23)33/h7-12,15-17,38H,13-14,18H2,1-6H3. The summed E-state index contributed by atoms with van der Waals surface area (Å²) in [6.07, 6.45) is -4.46. The topological polar surface area (TPSA) is 40.5 Å². The first-order chi connectivity index (χ1) is 17.9. The number of aromatic hydroxyl groups is 1. The van der Waals surface area contributed by atoms with Crippen LogP contribution in [0.4, 0.5) is 17.6 Å². The molecule has 0 bridgehead atoms. The van der Waals surface area contributed by atoms with Crippen LogP contribution in [0.5, 0.6) is 5.75 Å². The molecule has 0 aliphatic carbocycles. The highest BCUT2D eigenvalue weighted by Crippen LogP contribution is 2.35. The van der Waals surface area contributed by atoms with Crippen LogP contribution in [-0.2, 0) is 30.0 Å². The number of hydrogen-bond donors (Lipinski definition) is 1. The van der Waals surface area contributed by atoms with Crippen molar-refractivity contribution in [3.05, 3.63) is 98.8 Å². The van der Waals surface area contributed by atoms with E-state index in [1.807, 2.05) is 51.1 Å². The van der Waals surface area contributed by atoms with E-state index in [0.29, 0.717) is 18.6 Å². The normalized spacial score (nSPS) is 12.5. The monoisotopic (exact) mass is 563 g/mol. The molecule has 3 rings (SSSR count). The third-order valence-electron chi connectivity index (χ3n) is 6.61. The van der Waals surface area contributed by atoms with Crippen molar-refractivity contribution >= 4 is 17.5 Å². The molecule has 0 aliphatic rings. The van der Waals surface area contributed by atoms with E-state index in [1.54, 1.807) is 12.1 Å². The molecule has 0 radical (unpaired) electrons. The van der Waals surface area contributed by atoms with E-state index in [4.69, 9.17) is 11.6 Å². The Bertz CT molecular complexity index is 1340. The van der Waals surface area contributed by atoms with Gasteiger partial charge in [0.2, 0.25) is 0 Å². The third kappa shape index (κ3) is 7.53. The van der Waals surface area contributed by atoms with Crippen LogP contribution >= 0.6 is 11.6 Å². The zero-order chi connectivity index (χ0) is 29.3. The highest BCUT2D eigenvalue weighted by atomic mass is 35.5. The van der Waals surface area contributed by atoms with E-state index in [0.717, 1.165) is 22.3 Å². The van der Waals surface area contributed by atoms with Crippen LogP contribution in [0.3, 0.4) is 0 Å². The molecule has 1 amide bonds. The van der Waals surface area contributed by atoms with Gasteiger partial charge in [0.25, 0.3) is 5.91 Å². The lowest BCUT2D eigenvalue weighted by molar-refractivity contribution is -0.137. The number of phenols is 1. The molecule has 0 unspecified atom stereocenters. The second-order valence-corrected chi connectivity index (χ2v) is 12.2. The highest BCUT2D eigenvalue weighted by molar-refractivity contribution is 6.31. The van der Waals surface area contributed by atoms with Crippen molar-refractivity contribution in [3.8, 4) is 5.75 Å². The van der Waals surface area contributed by atoms with Gasteiger partial charge in [-0.2, -0.15) is 13.2 Å². The summed E-state index contributed by atoms with van der Waals surface area (Å²) in [7, 11) is 0. The fourth-order valence-electron chi connectivity index (χ4n) is 4.27. The van der Waals surface area contributed by atoms with E-state index in [1.165, 1.54) is 4.90 Å². The van der Waals surface area contributed by atoms with Gasteiger partial charge >= 0.3 is 6.18 Å². The molecule has 0 atom stereocenters. The van der Waals surface area contributed by atoms with Gasteiger partial charge in [-0.15, -0.1) is 0 Å². The molecule has 210 valence electrons. The van der Waals surface area contributed by atoms with E-state index in [-0.39, 0.29) is 29.7 Å². The van der Waals surface area contributed by atoms with E-state index in [2.05, 4.69) is 20.8 Å². The zero-order valence-corrected chi connectivity index (χ0v) is 23.8. The quantitative estimate of drug-likeness (QED) is 0.305. The van der Waals surface area contributed by atoms with Crippen molar-refractivity contribution in [2.24, 2.45) is 0 Å². The minimum absolute atomic E-state index is 0.0563. The van der Waals surface area contributed by atoms with Crippen molar-refractivity contribution in [1.29, 1.82) is 0 Å². The van der Waals surface area contributed by atoms with Crippen molar-refractivity contribution in [1.82, 2.24) is 4.90 Å². The Hall–Kier alpha value is -3.06. The van der Waals surface area contributed by atoms with Crippen LogP contribution in [0, 0.1) is 5.82 Å². The molecule has 0 heterocycles.